The highest BCUT2D eigenvalue weighted by Crippen LogP contribution is 2.44. The fourth-order valence-corrected chi connectivity index (χ4v) is 5.33. The summed E-state index contributed by atoms with van der Waals surface area (Å²) in [5, 5.41) is 11.4. The third-order valence-corrected chi connectivity index (χ3v) is 7.17. The van der Waals surface area contributed by atoms with Gasteiger partial charge in [0, 0.05) is 11.8 Å². The van der Waals surface area contributed by atoms with Crippen LogP contribution >= 0.6 is 0 Å². The van der Waals surface area contributed by atoms with Gasteiger partial charge in [0.25, 0.3) is 0 Å². The molecule has 0 aromatic heterocycles. The molecule has 0 spiro atoms. The van der Waals surface area contributed by atoms with E-state index in [0.717, 1.165) is 36.5 Å². The summed E-state index contributed by atoms with van der Waals surface area (Å²) in [4.78, 5) is -0.498. The number of oxime groups is 1. The molecule has 0 saturated carbocycles. The molecular weight excluding hydrogens is 429 g/mol. The fourth-order valence-electron chi connectivity index (χ4n) is 3.22. The summed E-state index contributed by atoms with van der Waals surface area (Å²) in [6, 6.07) is 5.06. The zero-order chi connectivity index (χ0) is 22.6. The van der Waals surface area contributed by atoms with Gasteiger partial charge in [-0.25, -0.2) is 17.2 Å². The van der Waals surface area contributed by atoms with Crippen LogP contribution in [0.15, 0.2) is 65.2 Å². The largest absolute Gasteiger partial charge is 0.416 e. The van der Waals surface area contributed by atoms with E-state index in [1.165, 1.54) is 6.08 Å². The van der Waals surface area contributed by atoms with Crippen molar-refractivity contribution >= 4 is 16.1 Å². The van der Waals surface area contributed by atoms with Crippen molar-refractivity contribution in [1.82, 2.24) is 0 Å². The SMILES string of the molecule is C=CCC(CC/C=N/O)(c1cc(F)ccc1F)S(=O)(=O)c1ccc(C(F)(F)F)cc1. The zero-order valence-corrected chi connectivity index (χ0v) is 16.4. The first kappa shape index (κ1) is 23.5. The topological polar surface area (TPSA) is 66.7 Å². The Kier molecular flexibility index (Phi) is 7.02. The normalized spacial score (nSPS) is 14.6. The summed E-state index contributed by atoms with van der Waals surface area (Å²) < 4.78 is 92.1. The van der Waals surface area contributed by atoms with Crippen LogP contribution < -0.4 is 0 Å². The highest BCUT2D eigenvalue weighted by atomic mass is 32.2. The maximum Gasteiger partial charge on any atom is 0.416 e. The minimum Gasteiger partial charge on any atom is -0.411 e. The first-order valence-electron chi connectivity index (χ1n) is 8.64. The Morgan fingerprint density at radius 1 is 1.07 bits per heavy atom. The number of benzene rings is 2. The lowest BCUT2D eigenvalue weighted by atomic mass is 9.89. The lowest BCUT2D eigenvalue weighted by Gasteiger charge is -2.33. The molecule has 0 radical (unpaired) electrons. The number of rotatable bonds is 8. The Morgan fingerprint density at radius 2 is 1.70 bits per heavy atom. The van der Waals surface area contributed by atoms with Gasteiger partial charge >= 0.3 is 6.18 Å². The highest BCUT2D eigenvalue weighted by Gasteiger charge is 2.47. The van der Waals surface area contributed by atoms with Crippen LogP contribution in [0.4, 0.5) is 22.0 Å². The number of nitrogens with zero attached hydrogens (tertiary/aromatic N) is 1. The van der Waals surface area contributed by atoms with Crippen LogP contribution in [0.25, 0.3) is 0 Å². The van der Waals surface area contributed by atoms with Crippen LogP contribution in [-0.4, -0.2) is 19.8 Å². The van der Waals surface area contributed by atoms with E-state index in [2.05, 4.69) is 11.7 Å². The van der Waals surface area contributed by atoms with Crippen LogP contribution in [0.2, 0.25) is 0 Å². The molecule has 0 heterocycles. The molecule has 1 atom stereocenters. The molecule has 0 saturated heterocycles. The van der Waals surface area contributed by atoms with E-state index in [4.69, 9.17) is 5.21 Å². The number of sulfone groups is 1. The molecule has 2 aromatic rings. The summed E-state index contributed by atoms with van der Waals surface area (Å²) in [5.41, 5.74) is -1.55. The molecule has 2 aromatic carbocycles. The van der Waals surface area contributed by atoms with Gasteiger partial charge in [0.2, 0.25) is 0 Å². The van der Waals surface area contributed by atoms with E-state index in [0.29, 0.717) is 12.1 Å². The van der Waals surface area contributed by atoms with Crippen LogP contribution in [-0.2, 0) is 20.8 Å². The predicted octanol–water partition coefficient (Wildman–Crippen LogP) is 5.47. The van der Waals surface area contributed by atoms with Gasteiger partial charge in [-0.15, -0.1) is 11.7 Å². The van der Waals surface area contributed by atoms with E-state index >= 15 is 0 Å². The molecule has 2 rings (SSSR count). The van der Waals surface area contributed by atoms with Gasteiger partial charge in [-0.05, 0) is 61.7 Å². The third-order valence-electron chi connectivity index (χ3n) is 4.66. The molecule has 162 valence electrons. The summed E-state index contributed by atoms with van der Waals surface area (Å²) in [6.45, 7) is 3.49. The lowest BCUT2D eigenvalue weighted by molar-refractivity contribution is -0.137. The van der Waals surface area contributed by atoms with E-state index in [1.807, 2.05) is 0 Å². The molecule has 4 nitrogen and oxygen atoms in total. The second-order valence-corrected chi connectivity index (χ2v) is 8.73. The monoisotopic (exact) mass is 447 g/mol. The minimum absolute atomic E-state index is 0.139. The maximum atomic E-state index is 14.7. The van der Waals surface area contributed by atoms with Gasteiger partial charge in [-0.3, -0.25) is 0 Å². The molecule has 1 unspecified atom stereocenters. The van der Waals surface area contributed by atoms with E-state index in [9.17, 15) is 30.4 Å². The number of hydrogen-bond donors (Lipinski definition) is 1. The number of allylic oxidation sites excluding steroid dienone is 1. The van der Waals surface area contributed by atoms with Crippen molar-refractivity contribution in [2.24, 2.45) is 5.16 Å². The van der Waals surface area contributed by atoms with Crippen LogP contribution in [0, 0.1) is 11.6 Å². The Bertz CT molecular complexity index is 1030. The second kappa shape index (κ2) is 8.95. The van der Waals surface area contributed by atoms with Crippen molar-refractivity contribution in [2.45, 2.75) is 35.1 Å². The van der Waals surface area contributed by atoms with Crippen LogP contribution in [0.3, 0.4) is 0 Å². The summed E-state index contributed by atoms with van der Waals surface area (Å²) in [6.07, 6.45) is -3.34. The van der Waals surface area contributed by atoms with Gasteiger partial charge < -0.3 is 5.21 Å². The average molecular weight is 447 g/mol. The molecule has 0 fully saturated rings. The zero-order valence-electron chi connectivity index (χ0n) is 15.5. The van der Waals surface area contributed by atoms with Crippen molar-refractivity contribution < 1.29 is 35.6 Å². The van der Waals surface area contributed by atoms with Crippen molar-refractivity contribution in [2.75, 3.05) is 0 Å². The Hall–Kier alpha value is -2.75. The summed E-state index contributed by atoms with van der Waals surface area (Å²) >= 11 is 0. The summed E-state index contributed by atoms with van der Waals surface area (Å²) in [7, 11) is -4.55. The number of alkyl halides is 3. The van der Waals surface area contributed by atoms with Crippen molar-refractivity contribution in [1.29, 1.82) is 0 Å². The minimum atomic E-state index is -4.67. The molecule has 0 amide bonds. The first-order chi connectivity index (χ1) is 14.0. The Morgan fingerprint density at radius 3 is 2.23 bits per heavy atom. The quantitative estimate of drug-likeness (QED) is 0.192. The van der Waals surface area contributed by atoms with Gasteiger partial charge in [0.1, 0.15) is 16.4 Å². The van der Waals surface area contributed by atoms with E-state index in [-0.39, 0.29) is 19.3 Å². The molecule has 0 aliphatic rings. The second-order valence-electron chi connectivity index (χ2n) is 6.47. The fraction of sp³-hybridized carbons (Fsp3) is 0.250. The van der Waals surface area contributed by atoms with Gasteiger partial charge in [-0.2, -0.15) is 13.2 Å². The predicted molar refractivity (Wildman–Crippen MR) is 101 cm³/mol. The lowest BCUT2D eigenvalue weighted by Crippen LogP contribution is -2.37. The molecule has 1 N–H and O–H groups in total. The smallest absolute Gasteiger partial charge is 0.411 e. The number of halogens is 5. The Labute approximate surface area is 170 Å². The van der Waals surface area contributed by atoms with Gasteiger partial charge in [0.05, 0.1) is 10.5 Å². The average Bonchev–Trinajstić information content (AvgIpc) is 2.68. The maximum absolute atomic E-state index is 14.7. The molecular formula is C20H18F5NO3S. The van der Waals surface area contributed by atoms with Crippen molar-refractivity contribution in [3.63, 3.8) is 0 Å². The summed E-state index contributed by atoms with van der Waals surface area (Å²) in [5.74, 6) is -1.90. The van der Waals surface area contributed by atoms with Crippen molar-refractivity contribution in [3.8, 4) is 0 Å². The molecule has 30 heavy (non-hydrogen) atoms. The highest BCUT2D eigenvalue weighted by molar-refractivity contribution is 7.92. The van der Waals surface area contributed by atoms with Crippen molar-refractivity contribution in [3.05, 3.63) is 77.9 Å². The Balaban J connectivity index is 2.76. The number of hydrogen-bond acceptors (Lipinski definition) is 4. The van der Waals surface area contributed by atoms with Gasteiger partial charge in [-0.1, -0.05) is 6.08 Å². The molecule has 0 aliphatic carbocycles. The molecule has 0 bridgehead atoms. The van der Waals surface area contributed by atoms with E-state index in [1.54, 1.807) is 0 Å². The molecule has 0 aliphatic heterocycles. The third kappa shape index (κ3) is 4.53. The standard InChI is InChI=1S/C20H18F5NO3S/c1-2-10-19(11-3-12-26-27,17-13-15(21)6-9-18(17)22)30(28,29)16-7-4-14(5-8-16)20(23,24)25/h2,4-9,12-13,27H,1,3,10-11H2/b26-12+. The van der Waals surface area contributed by atoms with E-state index < -0.39 is 48.4 Å². The van der Waals surface area contributed by atoms with Crippen LogP contribution in [0.1, 0.15) is 30.4 Å². The van der Waals surface area contributed by atoms with Gasteiger partial charge in [0.15, 0.2) is 9.84 Å². The van der Waals surface area contributed by atoms with Crippen LogP contribution in [0.5, 0.6) is 0 Å². The first-order valence-corrected chi connectivity index (χ1v) is 10.1. The molecule has 10 heteroatoms.